The number of aliphatic hydroxyl groups is 1. The van der Waals surface area contributed by atoms with Crippen molar-refractivity contribution < 1.29 is 9.84 Å². The van der Waals surface area contributed by atoms with Crippen LogP contribution in [-0.4, -0.2) is 22.9 Å². The Balaban J connectivity index is 1.43. The van der Waals surface area contributed by atoms with E-state index in [2.05, 4.69) is 27.7 Å². The van der Waals surface area contributed by atoms with Gasteiger partial charge in [-0.25, -0.2) is 0 Å². The fraction of sp³-hybridized carbons (Fsp3) is 1.00. The van der Waals surface area contributed by atoms with Crippen molar-refractivity contribution in [2.24, 2.45) is 40.4 Å². The summed E-state index contributed by atoms with van der Waals surface area (Å²) in [5, 5.41) is 11.5. The van der Waals surface area contributed by atoms with Crippen molar-refractivity contribution in [3.05, 3.63) is 0 Å². The first-order valence-electron chi connectivity index (χ1n) is 11.6. The molecule has 1 spiro atoms. The largest absolute Gasteiger partial charge is 0.389 e. The highest BCUT2D eigenvalue weighted by molar-refractivity contribution is 5.16. The summed E-state index contributed by atoms with van der Waals surface area (Å²) in [6.07, 6.45) is 12.6. The van der Waals surface area contributed by atoms with Crippen molar-refractivity contribution >= 4 is 0 Å². The monoisotopic (exact) mass is 360 g/mol. The minimum atomic E-state index is -0.388. The van der Waals surface area contributed by atoms with Crippen molar-refractivity contribution in [2.75, 3.05) is 6.61 Å². The molecule has 0 aromatic rings. The van der Waals surface area contributed by atoms with Gasteiger partial charge in [-0.1, -0.05) is 34.1 Å². The van der Waals surface area contributed by atoms with Gasteiger partial charge in [0.1, 0.15) is 0 Å². The summed E-state index contributed by atoms with van der Waals surface area (Å²) in [4.78, 5) is 0. The van der Waals surface area contributed by atoms with Gasteiger partial charge in [-0.3, -0.25) is 0 Å². The lowest BCUT2D eigenvalue weighted by Crippen LogP contribution is -2.58. The van der Waals surface area contributed by atoms with Crippen LogP contribution < -0.4 is 0 Å². The van der Waals surface area contributed by atoms with E-state index in [4.69, 9.17) is 4.74 Å². The molecule has 0 amide bonds. The van der Waals surface area contributed by atoms with Gasteiger partial charge in [0.25, 0.3) is 0 Å². The Kier molecular flexibility index (Phi) is 3.80. The quantitative estimate of drug-likeness (QED) is 0.652. The maximum Gasteiger partial charge on any atom is 0.0944 e. The molecule has 26 heavy (non-hydrogen) atoms. The summed E-state index contributed by atoms with van der Waals surface area (Å²) in [5.74, 6) is 4.13. The van der Waals surface area contributed by atoms with Gasteiger partial charge in [0.15, 0.2) is 0 Å². The standard InChI is InChI=1S/C24H40O2/c1-5-10-24(25)12-9-20-18-7-6-17-14-23(15-26-23)16(2)13-21(17,3)19(18)8-11-22(20,24)4/h16-20,25H,5-15H2,1-4H3/t16-,17+,18+,19-,20+,21+,22+,23-,24+/m1/s1. The number of fused-ring (bicyclic) bond motifs is 5. The van der Waals surface area contributed by atoms with E-state index in [-0.39, 0.29) is 16.6 Å². The highest BCUT2D eigenvalue weighted by Crippen LogP contribution is 2.70. The van der Waals surface area contributed by atoms with Gasteiger partial charge >= 0.3 is 0 Å². The smallest absolute Gasteiger partial charge is 0.0944 e. The van der Waals surface area contributed by atoms with Crippen molar-refractivity contribution in [3.8, 4) is 0 Å². The van der Waals surface area contributed by atoms with Gasteiger partial charge in [-0.2, -0.15) is 0 Å². The van der Waals surface area contributed by atoms with E-state index in [9.17, 15) is 5.11 Å². The van der Waals surface area contributed by atoms with Crippen molar-refractivity contribution in [1.29, 1.82) is 0 Å². The van der Waals surface area contributed by atoms with E-state index in [0.29, 0.717) is 5.41 Å². The number of rotatable bonds is 2. The first kappa shape index (κ1) is 18.0. The Morgan fingerprint density at radius 1 is 1.00 bits per heavy atom. The summed E-state index contributed by atoms with van der Waals surface area (Å²) in [6.45, 7) is 10.8. The van der Waals surface area contributed by atoms with Crippen molar-refractivity contribution in [2.45, 2.75) is 103 Å². The molecule has 4 saturated carbocycles. The van der Waals surface area contributed by atoms with Crippen LogP contribution in [0.2, 0.25) is 0 Å². The molecular weight excluding hydrogens is 320 g/mol. The molecule has 9 atom stereocenters. The van der Waals surface area contributed by atoms with Crippen LogP contribution in [0.3, 0.4) is 0 Å². The van der Waals surface area contributed by atoms with Crippen molar-refractivity contribution in [3.63, 3.8) is 0 Å². The molecule has 0 radical (unpaired) electrons. The number of hydrogen-bond acceptors (Lipinski definition) is 2. The van der Waals surface area contributed by atoms with E-state index in [0.717, 1.165) is 55.5 Å². The molecule has 2 nitrogen and oxygen atoms in total. The minimum Gasteiger partial charge on any atom is -0.389 e. The van der Waals surface area contributed by atoms with Crippen LogP contribution >= 0.6 is 0 Å². The number of hydrogen-bond donors (Lipinski definition) is 1. The molecular formula is C24H40O2. The normalized spacial score (nSPS) is 61.0. The Morgan fingerprint density at radius 2 is 1.73 bits per heavy atom. The number of ether oxygens (including phenoxy) is 1. The lowest BCUT2D eigenvalue weighted by molar-refractivity contribution is -0.163. The summed E-state index contributed by atoms with van der Waals surface area (Å²) in [5.41, 5.74) is 0.580. The average molecular weight is 361 g/mol. The Bertz CT molecular complexity index is 583. The predicted octanol–water partition coefficient (Wildman–Crippen LogP) is 5.58. The van der Waals surface area contributed by atoms with Gasteiger partial charge in [0.05, 0.1) is 17.8 Å². The highest BCUT2D eigenvalue weighted by Gasteiger charge is 2.67. The Morgan fingerprint density at radius 3 is 2.42 bits per heavy atom. The lowest BCUT2D eigenvalue weighted by atomic mass is 9.43. The second-order valence-corrected chi connectivity index (χ2v) is 11.6. The topological polar surface area (TPSA) is 32.8 Å². The summed E-state index contributed by atoms with van der Waals surface area (Å²) >= 11 is 0. The van der Waals surface area contributed by atoms with Gasteiger partial charge in [-0.05, 0) is 98.2 Å². The zero-order chi connectivity index (χ0) is 18.4. The van der Waals surface area contributed by atoms with E-state index in [1.54, 1.807) is 0 Å². The Hall–Kier alpha value is -0.0800. The maximum absolute atomic E-state index is 11.5. The zero-order valence-electron chi connectivity index (χ0n) is 17.5. The third-order valence-electron chi connectivity index (χ3n) is 10.8. The van der Waals surface area contributed by atoms with Gasteiger partial charge in [0, 0.05) is 0 Å². The predicted molar refractivity (Wildman–Crippen MR) is 105 cm³/mol. The second kappa shape index (κ2) is 5.50. The van der Waals surface area contributed by atoms with Crippen molar-refractivity contribution in [1.82, 2.24) is 0 Å². The van der Waals surface area contributed by atoms with E-state index >= 15 is 0 Å². The molecule has 0 aromatic carbocycles. The van der Waals surface area contributed by atoms with Gasteiger partial charge in [-0.15, -0.1) is 0 Å². The van der Waals surface area contributed by atoms with Gasteiger partial charge in [0.2, 0.25) is 0 Å². The molecule has 1 heterocycles. The highest BCUT2D eigenvalue weighted by atomic mass is 16.6. The molecule has 5 fully saturated rings. The van der Waals surface area contributed by atoms with Crippen LogP contribution in [0.25, 0.3) is 0 Å². The first-order valence-corrected chi connectivity index (χ1v) is 11.6. The maximum atomic E-state index is 11.5. The van der Waals surface area contributed by atoms with Crippen LogP contribution in [0, 0.1) is 40.4 Å². The fourth-order valence-electron chi connectivity index (χ4n) is 9.08. The second-order valence-electron chi connectivity index (χ2n) is 11.6. The fourth-order valence-corrected chi connectivity index (χ4v) is 9.08. The third kappa shape index (κ3) is 2.12. The van der Waals surface area contributed by atoms with Crippen LogP contribution in [0.15, 0.2) is 0 Å². The summed E-state index contributed by atoms with van der Waals surface area (Å²) in [7, 11) is 0. The first-order chi connectivity index (χ1) is 12.3. The summed E-state index contributed by atoms with van der Waals surface area (Å²) < 4.78 is 5.99. The number of epoxide rings is 1. The molecule has 5 aliphatic rings. The van der Waals surface area contributed by atoms with E-state index < -0.39 is 0 Å². The van der Waals surface area contributed by atoms with E-state index in [1.165, 1.54) is 44.9 Å². The molecule has 0 bridgehead atoms. The van der Waals surface area contributed by atoms with Crippen LogP contribution in [0.5, 0.6) is 0 Å². The van der Waals surface area contributed by atoms with Crippen LogP contribution in [0.1, 0.15) is 91.9 Å². The zero-order valence-corrected chi connectivity index (χ0v) is 17.5. The minimum absolute atomic E-state index is 0.175. The molecule has 0 unspecified atom stereocenters. The third-order valence-corrected chi connectivity index (χ3v) is 10.8. The molecule has 1 saturated heterocycles. The molecule has 1 N–H and O–H groups in total. The molecule has 2 heteroatoms. The summed E-state index contributed by atoms with van der Waals surface area (Å²) in [6, 6.07) is 0. The molecule has 4 aliphatic carbocycles. The van der Waals surface area contributed by atoms with Crippen LogP contribution in [-0.2, 0) is 4.74 Å². The Labute approximate surface area is 160 Å². The molecule has 148 valence electrons. The van der Waals surface area contributed by atoms with E-state index in [1.807, 2.05) is 0 Å². The molecule has 0 aromatic heterocycles. The lowest BCUT2D eigenvalue weighted by Gasteiger charge is -2.62. The average Bonchev–Trinajstić information content (AvgIpc) is 3.31. The molecule has 5 rings (SSSR count). The van der Waals surface area contributed by atoms with Crippen LogP contribution in [0.4, 0.5) is 0 Å². The van der Waals surface area contributed by atoms with Gasteiger partial charge < -0.3 is 9.84 Å². The molecule has 1 aliphatic heterocycles. The SMILES string of the molecule is CCC[C@]1(O)CC[C@H]2[C@H]3CC[C@H]4C[C@@]5(CO5)[C@H](C)C[C@]4(C)[C@@H]3CC[C@@]21C.